The number of aryl methyl sites for hydroxylation is 2. The Kier molecular flexibility index (Phi) is 6.35. The Morgan fingerprint density at radius 3 is 2.67 bits per heavy atom. The van der Waals surface area contributed by atoms with Gasteiger partial charge in [-0.2, -0.15) is 0 Å². The van der Waals surface area contributed by atoms with Crippen molar-refractivity contribution in [2.75, 3.05) is 33.3 Å². The average Bonchev–Trinajstić information content (AvgIpc) is 3.44. The first-order chi connectivity index (χ1) is 15.9. The van der Waals surface area contributed by atoms with E-state index in [1.165, 1.54) is 0 Å². The first-order valence-corrected chi connectivity index (χ1v) is 11.4. The lowest BCUT2D eigenvalue weighted by Crippen LogP contribution is -2.31. The van der Waals surface area contributed by atoms with Crippen LogP contribution in [-0.4, -0.2) is 69.4 Å². The van der Waals surface area contributed by atoms with Gasteiger partial charge in [0.15, 0.2) is 0 Å². The van der Waals surface area contributed by atoms with Gasteiger partial charge in [-0.05, 0) is 45.4 Å². The number of methoxy groups -OCH3 is 1. The summed E-state index contributed by atoms with van der Waals surface area (Å²) in [5.74, 6) is 1.44. The summed E-state index contributed by atoms with van der Waals surface area (Å²) in [7, 11) is 3.54. The SMILES string of the molecule is CCN(CC)C(=O)c1cnc([C@@H]2CCN(C(=O)c3cc4c(OC)cccc4n3C)C2)nc1C. The number of aromatic nitrogens is 3. The van der Waals surface area contributed by atoms with Gasteiger partial charge in [0.05, 0.1) is 23.9 Å². The first kappa shape index (κ1) is 22.8. The molecule has 0 radical (unpaired) electrons. The Labute approximate surface area is 194 Å². The number of likely N-dealkylation sites (tertiary alicyclic amines) is 1. The van der Waals surface area contributed by atoms with Gasteiger partial charge in [-0.25, -0.2) is 9.97 Å². The molecule has 0 N–H and O–H groups in total. The van der Waals surface area contributed by atoms with E-state index in [4.69, 9.17) is 4.74 Å². The van der Waals surface area contributed by atoms with Gasteiger partial charge >= 0.3 is 0 Å². The van der Waals surface area contributed by atoms with E-state index < -0.39 is 0 Å². The minimum atomic E-state index is -0.0431. The number of fused-ring (bicyclic) bond motifs is 1. The van der Waals surface area contributed by atoms with E-state index in [9.17, 15) is 9.59 Å². The average molecular weight is 450 g/mol. The molecule has 0 bridgehead atoms. The molecular formula is C25H31N5O3. The first-order valence-electron chi connectivity index (χ1n) is 11.4. The maximum Gasteiger partial charge on any atom is 0.270 e. The van der Waals surface area contributed by atoms with E-state index in [1.54, 1.807) is 18.2 Å². The number of ether oxygens (including phenoxy) is 1. The van der Waals surface area contributed by atoms with Crippen molar-refractivity contribution in [3.05, 3.63) is 53.2 Å². The lowest BCUT2D eigenvalue weighted by Gasteiger charge is -2.20. The molecule has 1 fully saturated rings. The minimum absolute atomic E-state index is 0.0108. The van der Waals surface area contributed by atoms with E-state index in [1.807, 2.05) is 61.6 Å². The number of hydrogen-bond acceptors (Lipinski definition) is 5. The molecule has 1 aliphatic rings. The molecule has 0 aliphatic carbocycles. The second kappa shape index (κ2) is 9.21. The van der Waals surface area contributed by atoms with Gasteiger partial charge in [-0.15, -0.1) is 0 Å². The number of benzene rings is 1. The maximum absolute atomic E-state index is 13.3. The molecule has 3 heterocycles. The second-order valence-electron chi connectivity index (χ2n) is 8.42. The highest BCUT2D eigenvalue weighted by molar-refractivity contribution is 6.00. The molecule has 0 unspecified atom stereocenters. The molecule has 3 aromatic rings. The van der Waals surface area contributed by atoms with Crippen molar-refractivity contribution in [2.24, 2.45) is 7.05 Å². The molecule has 4 rings (SSSR count). The van der Waals surface area contributed by atoms with Crippen LogP contribution in [0.5, 0.6) is 5.75 Å². The number of nitrogens with zero attached hydrogens (tertiary/aromatic N) is 5. The molecule has 1 aromatic carbocycles. The fourth-order valence-electron chi connectivity index (χ4n) is 4.61. The van der Waals surface area contributed by atoms with Crippen LogP contribution in [0.4, 0.5) is 0 Å². The highest BCUT2D eigenvalue weighted by Crippen LogP contribution is 2.31. The van der Waals surface area contributed by atoms with Gasteiger partial charge < -0.3 is 19.1 Å². The van der Waals surface area contributed by atoms with E-state index >= 15 is 0 Å². The standard InChI is InChI=1S/C25H31N5O3/c1-6-29(7-2)24(31)19-14-26-23(27-16(19)3)17-11-12-30(15-17)25(32)21-13-18-20(28(21)4)9-8-10-22(18)33-5/h8-10,13-14,17H,6-7,11-12,15H2,1-5H3/t17-/m1/s1. The molecule has 8 heteroatoms. The smallest absolute Gasteiger partial charge is 0.270 e. The zero-order chi connectivity index (χ0) is 23.7. The van der Waals surface area contributed by atoms with E-state index in [2.05, 4.69) is 9.97 Å². The summed E-state index contributed by atoms with van der Waals surface area (Å²) in [6.45, 7) is 8.27. The monoisotopic (exact) mass is 449 g/mol. The van der Waals surface area contributed by atoms with Gasteiger partial charge in [0.1, 0.15) is 17.3 Å². The van der Waals surface area contributed by atoms with E-state index in [0.29, 0.717) is 49.0 Å². The summed E-state index contributed by atoms with van der Waals surface area (Å²) < 4.78 is 7.38. The highest BCUT2D eigenvalue weighted by atomic mass is 16.5. The number of hydrogen-bond donors (Lipinski definition) is 0. The third-order valence-electron chi connectivity index (χ3n) is 6.61. The third kappa shape index (κ3) is 4.05. The number of carbonyl (C=O) groups excluding carboxylic acids is 2. The predicted molar refractivity (Wildman–Crippen MR) is 127 cm³/mol. The Balaban J connectivity index is 1.52. The summed E-state index contributed by atoms with van der Waals surface area (Å²) in [6.07, 6.45) is 2.43. The zero-order valence-electron chi connectivity index (χ0n) is 20.0. The van der Waals surface area contributed by atoms with Crippen LogP contribution in [0, 0.1) is 6.92 Å². The molecule has 1 atom stereocenters. The van der Waals surface area contributed by atoms with Crippen LogP contribution in [-0.2, 0) is 7.05 Å². The van der Waals surface area contributed by atoms with Crippen LogP contribution < -0.4 is 4.74 Å². The minimum Gasteiger partial charge on any atom is -0.496 e. The third-order valence-corrected chi connectivity index (χ3v) is 6.61. The van der Waals surface area contributed by atoms with Crippen molar-refractivity contribution in [3.8, 4) is 5.75 Å². The van der Waals surface area contributed by atoms with Crippen LogP contribution >= 0.6 is 0 Å². The van der Waals surface area contributed by atoms with Crippen LogP contribution in [0.15, 0.2) is 30.5 Å². The van der Waals surface area contributed by atoms with Crippen LogP contribution in [0.2, 0.25) is 0 Å². The predicted octanol–water partition coefficient (Wildman–Crippen LogP) is 3.40. The van der Waals surface area contributed by atoms with Crippen LogP contribution in [0.3, 0.4) is 0 Å². The van der Waals surface area contributed by atoms with Crippen molar-refractivity contribution in [1.82, 2.24) is 24.3 Å². The van der Waals surface area contributed by atoms with Crippen molar-refractivity contribution in [1.29, 1.82) is 0 Å². The number of amides is 2. The van der Waals surface area contributed by atoms with Gasteiger partial charge in [-0.1, -0.05) is 6.07 Å². The summed E-state index contributed by atoms with van der Waals surface area (Å²) in [6, 6.07) is 7.71. The van der Waals surface area contributed by atoms with Gasteiger partial charge in [0.2, 0.25) is 0 Å². The summed E-state index contributed by atoms with van der Waals surface area (Å²) >= 11 is 0. The van der Waals surface area contributed by atoms with Crippen LogP contribution in [0.25, 0.3) is 10.9 Å². The Morgan fingerprint density at radius 2 is 2.00 bits per heavy atom. The van der Waals surface area contributed by atoms with E-state index in [-0.39, 0.29) is 17.7 Å². The Bertz CT molecular complexity index is 1200. The van der Waals surface area contributed by atoms with Gasteiger partial charge in [0.25, 0.3) is 11.8 Å². The molecular weight excluding hydrogens is 418 g/mol. The Hall–Kier alpha value is -3.42. The zero-order valence-corrected chi connectivity index (χ0v) is 20.0. The van der Waals surface area contributed by atoms with Crippen molar-refractivity contribution in [2.45, 2.75) is 33.1 Å². The fourth-order valence-corrected chi connectivity index (χ4v) is 4.61. The lowest BCUT2D eigenvalue weighted by molar-refractivity contribution is 0.0768. The quantitative estimate of drug-likeness (QED) is 0.576. The van der Waals surface area contributed by atoms with Crippen molar-refractivity contribution in [3.63, 3.8) is 0 Å². The highest BCUT2D eigenvalue weighted by Gasteiger charge is 2.32. The summed E-state index contributed by atoms with van der Waals surface area (Å²) in [5.41, 5.74) is 2.81. The topological polar surface area (TPSA) is 80.6 Å². The summed E-state index contributed by atoms with van der Waals surface area (Å²) in [5, 5.41) is 0.925. The largest absolute Gasteiger partial charge is 0.496 e. The normalized spacial score (nSPS) is 15.8. The lowest BCUT2D eigenvalue weighted by atomic mass is 10.1. The molecule has 8 nitrogen and oxygen atoms in total. The molecule has 2 amide bonds. The molecule has 1 saturated heterocycles. The molecule has 33 heavy (non-hydrogen) atoms. The van der Waals surface area contributed by atoms with E-state index in [0.717, 1.165) is 23.1 Å². The number of rotatable bonds is 6. The van der Waals surface area contributed by atoms with Crippen molar-refractivity contribution < 1.29 is 14.3 Å². The molecule has 0 saturated carbocycles. The van der Waals surface area contributed by atoms with Crippen molar-refractivity contribution >= 4 is 22.7 Å². The maximum atomic E-state index is 13.3. The Morgan fingerprint density at radius 1 is 1.24 bits per heavy atom. The van der Waals surface area contributed by atoms with Gasteiger partial charge in [-0.3, -0.25) is 9.59 Å². The molecule has 0 spiro atoms. The molecule has 1 aliphatic heterocycles. The molecule has 174 valence electrons. The molecule has 2 aromatic heterocycles. The summed E-state index contributed by atoms with van der Waals surface area (Å²) in [4.78, 5) is 38.8. The number of carbonyl (C=O) groups is 2. The fraction of sp³-hybridized carbons (Fsp3) is 0.440. The van der Waals surface area contributed by atoms with Crippen LogP contribution in [0.1, 0.15) is 58.6 Å². The van der Waals surface area contributed by atoms with Gasteiger partial charge in [0, 0.05) is 50.7 Å². The second-order valence-corrected chi connectivity index (χ2v) is 8.42.